The van der Waals surface area contributed by atoms with E-state index in [4.69, 9.17) is 16.3 Å². The van der Waals surface area contributed by atoms with Gasteiger partial charge in [-0.3, -0.25) is 9.59 Å². The Morgan fingerprint density at radius 2 is 1.64 bits per heavy atom. The van der Waals surface area contributed by atoms with Gasteiger partial charge in [0.2, 0.25) is 0 Å². The Balaban J connectivity index is 1.33. The van der Waals surface area contributed by atoms with Crippen LogP contribution in [0.5, 0.6) is 5.75 Å². The second kappa shape index (κ2) is 10.8. The lowest BCUT2D eigenvalue weighted by Gasteiger charge is -2.32. The largest absolute Gasteiger partial charge is 0.486 e. The standard InChI is InChI=1S/C24H23ClFN3O3S/c25-16-7-11-18(12-8-16)32-13-22-27-21(14-33-22)24(31)29-20-4-2-1-3-19(20)28-23(30)15-5-9-17(26)10-6-15/h5-12,14,19-20H,1-4,13H2,(H,28,30)(H,29,31)/t19-,20-/m0/s1. The number of hydrogen-bond acceptors (Lipinski definition) is 5. The summed E-state index contributed by atoms with van der Waals surface area (Å²) in [6.07, 6.45) is 3.45. The predicted molar refractivity (Wildman–Crippen MR) is 125 cm³/mol. The van der Waals surface area contributed by atoms with Gasteiger partial charge in [-0.15, -0.1) is 11.3 Å². The third kappa shape index (κ3) is 6.30. The van der Waals surface area contributed by atoms with Gasteiger partial charge in [0.25, 0.3) is 11.8 Å². The van der Waals surface area contributed by atoms with E-state index < -0.39 is 5.82 Å². The summed E-state index contributed by atoms with van der Waals surface area (Å²) in [6, 6.07) is 12.0. The lowest BCUT2D eigenvalue weighted by Crippen LogP contribution is -2.53. The van der Waals surface area contributed by atoms with Crippen LogP contribution in [0.25, 0.3) is 0 Å². The molecule has 0 bridgehead atoms. The first-order valence-electron chi connectivity index (χ1n) is 10.7. The number of nitrogens with one attached hydrogen (secondary N) is 2. The highest BCUT2D eigenvalue weighted by atomic mass is 35.5. The summed E-state index contributed by atoms with van der Waals surface area (Å²) in [4.78, 5) is 29.7. The highest BCUT2D eigenvalue weighted by Gasteiger charge is 2.29. The molecule has 172 valence electrons. The fourth-order valence-corrected chi connectivity index (χ4v) is 4.54. The number of carbonyl (C=O) groups is 2. The number of amides is 2. The summed E-state index contributed by atoms with van der Waals surface area (Å²) in [5.74, 6) is -0.286. The van der Waals surface area contributed by atoms with Gasteiger partial charge in [-0.2, -0.15) is 0 Å². The van der Waals surface area contributed by atoms with E-state index >= 15 is 0 Å². The Morgan fingerprint density at radius 1 is 1.00 bits per heavy atom. The Kier molecular flexibility index (Phi) is 7.57. The van der Waals surface area contributed by atoms with E-state index in [1.165, 1.54) is 35.6 Å². The van der Waals surface area contributed by atoms with Crippen molar-refractivity contribution in [3.8, 4) is 5.75 Å². The molecule has 1 heterocycles. The van der Waals surface area contributed by atoms with Gasteiger partial charge < -0.3 is 15.4 Å². The Morgan fingerprint density at radius 3 is 2.30 bits per heavy atom. The minimum Gasteiger partial charge on any atom is -0.486 e. The maximum Gasteiger partial charge on any atom is 0.271 e. The van der Waals surface area contributed by atoms with Crippen LogP contribution in [0, 0.1) is 5.82 Å². The maximum atomic E-state index is 13.1. The zero-order chi connectivity index (χ0) is 23.2. The summed E-state index contributed by atoms with van der Waals surface area (Å²) in [5.41, 5.74) is 0.709. The highest BCUT2D eigenvalue weighted by Crippen LogP contribution is 2.21. The molecule has 1 aliphatic rings. The van der Waals surface area contributed by atoms with Crippen molar-refractivity contribution in [1.29, 1.82) is 0 Å². The van der Waals surface area contributed by atoms with Crippen molar-refractivity contribution in [2.45, 2.75) is 44.4 Å². The number of halogens is 2. The number of ether oxygens (including phenoxy) is 1. The third-order valence-corrected chi connectivity index (χ3v) is 6.54. The third-order valence-electron chi connectivity index (χ3n) is 5.47. The molecule has 0 unspecified atom stereocenters. The van der Waals surface area contributed by atoms with Gasteiger partial charge in [-0.05, 0) is 61.4 Å². The van der Waals surface area contributed by atoms with E-state index in [1.807, 2.05) is 0 Å². The minimum absolute atomic E-state index is 0.202. The van der Waals surface area contributed by atoms with Crippen LogP contribution in [-0.2, 0) is 6.61 Å². The van der Waals surface area contributed by atoms with Gasteiger partial charge in [-0.25, -0.2) is 9.37 Å². The first-order valence-corrected chi connectivity index (χ1v) is 11.9. The van der Waals surface area contributed by atoms with Crippen molar-refractivity contribution in [3.05, 3.63) is 81.0 Å². The predicted octanol–water partition coefficient (Wildman–Crippen LogP) is 4.99. The number of aromatic nitrogens is 1. The SMILES string of the molecule is O=C(N[C@H]1CCCC[C@@H]1NC(=O)c1csc(COc2ccc(Cl)cc2)n1)c1ccc(F)cc1. The molecule has 2 amide bonds. The van der Waals surface area contributed by atoms with E-state index in [-0.39, 0.29) is 30.5 Å². The molecule has 0 radical (unpaired) electrons. The molecule has 4 rings (SSSR count). The molecule has 0 aliphatic heterocycles. The second-order valence-electron chi connectivity index (χ2n) is 7.82. The topological polar surface area (TPSA) is 80.3 Å². The molecule has 9 heteroatoms. The van der Waals surface area contributed by atoms with Crippen molar-refractivity contribution in [2.24, 2.45) is 0 Å². The number of hydrogen-bond donors (Lipinski definition) is 2. The highest BCUT2D eigenvalue weighted by molar-refractivity contribution is 7.09. The van der Waals surface area contributed by atoms with Crippen LogP contribution in [0.3, 0.4) is 0 Å². The molecule has 2 aromatic carbocycles. The van der Waals surface area contributed by atoms with Gasteiger partial charge in [0.05, 0.1) is 0 Å². The minimum atomic E-state index is -0.393. The lowest BCUT2D eigenvalue weighted by molar-refractivity contribution is 0.0860. The maximum absolute atomic E-state index is 13.1. The smallest absolute Gasteiger partial charge is 0.271 e. The Hall–Kier alpha value is -2.97. The zero-order valence-corrected chi connectivity index (χ0v) is 19.3. The number of rotatable bonds is 7. The lowest BCUT2D eigenvalue weighted by atomic mass is 9.90. The average Bonchev–Trinajstić information content (AvgIpc) is 3.30. The fourth-order valence-electron chi connectivity index (χ4n) is 3.73. The van der Waals surface area contributed by atoms with Crippen LogP contribution in [0.1, 0.15) is 51.5 Å². The molecule has 1 aliphatic carbocycles. The molecule has 3 aromatic rings. The first-order chi connectivity index (χ1) is 16.0. The Bertz CT molecular complexity index is 1100. The van der Waals surface area contributed by atoms with Crippen molar-refractivity contribution in [1.82, 2.24) is 15.6 Å². The number of carbonyl (C=O) groups excluding carboxylic acids is 2. The van der Waals surface area contributed by atoms with Crippen LogP contribution < -0.4 is 15.4 Å². The average molecular weight is 488 g/mol. The van der Waals surface area contributed by atoms with Crippen molar-refractivity contribution in [3.63, 3.8) is 0 Å². The summed E-state index contributed by atoms with van der Waals surface area (Å²) in [6.45, 7) is 0.249. The summed E-state index contributed by atoms with van der Waals surface area (Å²) >= 11 is 7.22. The van der Waals surface area contributed by atoms with Crippen LogP contribution in [0.2, 0.25) is 5.02 Å². The molecular weight excluding hydrogens is 465 g/mol. The van der Waals surface area contributed by atoms with E-state index in [2.05, 4.69) is 15.6 Å². The summed E-state index contributed by atoms with van der Waals surface area (Å²) < 4.78 is 18.8. The fraction of sp³-hybridized carbons (Fsp3) is 0.292. The van der Waals surface area contributed by atoms with Crippen molar-refractivity contribution < 1.29 is 18.7 Å². The monoisotopic (exact) mass is 487 g/mol. The van der Waals surface area contributed by atoms with E-state index in [1.54, 1.807) is 29.6 Å². The molecule has 0 spiro atoms. The van der Waals surface area contributed by atoms with Crippen LogP contribution in [0.4, 0.5) is 4.39 Å². The molecule has 0 saturated heterocycles. The van der Waals surface area contributed by atoms with Crippen LogP contribution in [0.15, 0.2) is 53.9 Å². The molecule has 33 heavy (non-hydrogen) atoms. The van der Waals surface area contributed by atoms with Crippen LogP contribution >= 0.6 is 22.9 Å². The quantitative estimate of drug-likeness (QED) is 0.492. The molecule has 1 saturated carbocycles. The van der Waals surface area contributed by atoms with Gasteiger partial charge in [0, 0.05) is 28.0 Å². The Labute approximate surface area is 200 Å². The number of benzene rings is 2. The van der Waals surface area contributed by atoms with Gasteiger partial charge >= 0.3 is 0 Å². The molecule has 1 fully saturated rings. The molecule has 1 aromatic heterocycles. The molecule has 6 nitrogen and oxygen atoms in total. The van der Waals surface area contributed by atoms with E-state index in [0.717, 1.165) is 25.7 Å². The summed E-state index contributed by atoms with van der Waals surface area (Å²) in [7, 11) is 0. The molecular formula is C24H23ClFN3O3S. The second-order valence-corrected chi connectivity index (χ2v) is 9.20. The summed E-state index contributed by atoms with van der Waals surface area (Å²) in [5, 5.41) is 9.02. The van der Waals surface area contributed by atoms with Crippen molar-refractivity contribution >= 4 is 34.8 Å². The molecule has 2 atom stereocenters. The van der Waals surface area contributed by atoms with Gasteiger partial charge in [0.1, 0.15) is 28.9 Å². The normalized spacial score (nSPS) is 17.9. The van der Waals surface area contributed by atoms with Crippen molar-refractivity contribution in [2.75, 3.05) is 0 Å². The van der Waals surface area contributed by atoms with Crippen LogP contribution in [-0.4, -0.2) is 28.9 Å². The van der Waals surface area contributed by atoms with E-state index in [9.17, 15) is 14.0 Å². The number of thiazole rings is 1. The van der Waals surface area contributed by atoms with Gasteiger partial charge in [0.15, 0.2) is 0 Å². The van der Waals surface area contributed by atoms with Gasteiger partial charge in [-0.1, -0.05) is 24.4 Å². The number of nitrogens with zero attached hydrogens (tertiary/aromatic N) is 1. The molecule has 2 N–H and O–H groups in total. The van der Waals surface area contributed by atoms with E-state index in [0.29, 0.717) is 27.0 Å². The first kappa shape index (κ1) is 23.2. The zero-order valence-electron chi connectivity index (χ0n) is 17.7.